The molecule has 1 saturated heterocycles. The van der Waals surface area contributed by atoms with Crippen LogP contribution in [0, 0.1) is 6.92 Å². The first-order valence-corrected chi connectivity index (χ1v) is 9.80. The predicted octanol–water partition coefficient (Wildman–Crippen LogP) is 4.50. The van der Waals surface area contributed by atoms with E-state index in [1.165, 1.54) is 24.4 Å². The molecule has 162 valence electrons. The Balaban J connectivity index is 1.41. The Kier molecular flexibility index (Phi) is 5.62. The monoisotopic (exact) mass is 431 g/mol. The third-order valence-electron chi connectivity index (χ3n) is 5.27. The molecule has 0 radical (unpaired) electrons. The molecule has 1 aliphatic rings. The Morgan fingerprint density at radius 2 is 1.87 bits per heavy atom. The zero-order valence-corrected chi connectivity index (χ0v) is 16.7. The summed E-state index contributed by atoms with van der Waals surface area (Å²) in [6.45, 7) is 2.64. The van der Waals surface area contributed by atoms with Gasteiger partial charge < -0.3 is 9.64 Å². The number of piperidine rings is 1. The van der Waals surface area contributed by atoms with E-state index in [0.29, 0.717) is 37.4 Å². The van der Waals surface area contributed by atoms with E-state index >= 15 is 0 Å². The lowest BCUT2D eigenvalue weighted by Gasteiger charge is -2.31. The molecule has 2 aromatic heterocycles. The largest absolute Gasteiger partial charge is 0.417 e. The van der Waals surface area contributed by atoms with Crippen molar-refractivity contribution in [3.05, 3.63) is 60.0 Å². The van der Waals surface area contributed by atoms with Crippen molar-refractivity contribution in [2.75, 3.05) is 13.1 Å². The number of benzene rings is 1. The molecule has 1 aromatic carbocycles. The van der Waals surface area contributed by atoms with Gasteiger partial charge in [-0.15, -0.1) is 5.10 Å². The molecule has 1 aliphatic heterocycles. The van der Waals surface area contributed by atoms with Crippen LogP contribution in [0.25, 0.3) is 11.3 Å². The number of ether oxygens (including phenoxy) is 1. The number of hydrogen-bond acceptors (Lipinski definition) is 5. The van der Waals surface area contributed by atoms with Crippen LogP contribution in [0.15, 0.2) is 48.8 Å². The normalized spacial score (nSPS) is 15.2. The Labute approximate surface area is 176 Å². The minimum absolute atomic E-state index is 0.00546. The van der Waals surface area contributed by atoms with Crippen LogP contribution in [0.1, 0.15) is 30.1 Å². The maximum absolute atomic E-state index is 13.3. The van der Waals surface area contributed by atoms with E-state index in [0.717, 1.165) is 6.07 Å². The molecule has 4 rings (SSSR count). The van der Waals surface area contributed by atoms with Gasteiger partial charge in [-0.25, -0.2) is 9.48 Å². The van der Waals surface area contributed by atoms with Crippen LogP contribution in [0.5, 0.6) is 5.75 Å². The van der Waals surface area contributed by atoms with Crippen molar-refractivity contribution in [1.29, 1.82) is 0 Å². The van der Waals surface area contributed by atoms with Crippen molar-refractivity contribution in [2.24, 2.45) is 0 Å². The number of carbonyl (C=O) groups excluding carboxylic acids is 1. The summed E-state index contributed by atoms with van der Waals surface area (Å²) < 4.78 is 46.9. The zero-order chi connectivity index (χ0) is 22.0. The fourth-order valence-electron chi connectivity index (χ4n) is 3.58. The lowest BCUT2D eigenvalue weighted by molar-refractivity contribution is -0.137. The Morgan fingerprint density at radius 1 is 1.13 bits per heavy atom. The fourth-order valence-corrected chi connectivity index (χ4v) is 3.58. The molecule has 31 heavy (non-hydrogen) atoms. The highest BCUT2D eigenvalue weighted by Gasteiger charge is 2.34. The lowest BCUT2D eigenvalue weighted by Crippen LogP contribution is -2.40. The molecule has 0 unspecified atom stereocenters. The number of alkyl halides is 3. The molecule has 3 heterocycles. The van der Waals surface area contributed by atoms with Crippen molar-refractivity contribution < 1.29 is 22.7 Å². The minimum Gasteiger partial charge on any atom is -0.408 e. The van der Waals surface area contributed by atoms with Crippen LogP contribution in [-0.4, -0.2) is 44.1 Å². The summed E-state index contributed by atoms with van der Waals surface area (Å²) in [5.41, 5.74) is 0.0428. The second-order valence-electron chi connectivity index (χ2n) is 7.30. The van der Waals surface area contributed by atoms with Gasteiger partial charge in [0.2, 0.25) is 0 Å². The zero-order valence-electron chi connectivity index (χ0n) is 16.7. The first-order valence-electron chi connectivity index (χ1n) is 9.80. The van der Waals surface area contributed by atoms with Crippen LogP contribution < -0.4 is 4.74 Å². The van der Waals surface area contributed by atoms with E-state index in [-0.39, 0.29) is 17.3 Å². The number of aryl methyl sites for hydroxylation is 1. The standard InChI is InChI=1S/C21H20F3N5O2/c1-14-19(7-4-10-25-14)31-20(30)28-11-8-15(9-12-28)29-13-18(26-27-29)16-5-2-3-6-17(16)21(22,23)24/h2-7,10,13,15H,8-9,11-12H2,1H3. The second kappa shape index (κ2) is 8.37. The van der Waals surface area contributed by atoms with Gasteiger partial charge in [0.1, 0.15) is 5.69 Å². The van der Waals surface area contributed by atoms with Crippen LogP contribution >= 0.6 is 0 Å². The molecule has 0 aliphatic carbocycles. The molecule has 0 N–H and O–H groups in total. The average Bonchev–Trinajstić information content (AvgIpc) is 3.25. The number of rotatable bonds is 3. The Morgan fingerprint density at radius 3 is 2.58 bits per heavy atom. The van der Waals surface area contributed by atoms with Gasteiger partial charge >= 0.3 is 12.3 Å². The summed E-state index contributed by atoms with van der Waals surface area (Å²) in [4.78, 5) is 18.1. The van der Waals surface area contributed by atoms with Gasteiger partial charge in [0.25, 0.3) is 0 Å². The quantitative estimate of drug-likeness (QED) is 0.610. The van der Waals surface area contributed by atoms with Gasteiger partial charge in [-0.2, -0.15) is 13.2 Å². The first-order chi connectivity index (χ1) is 14.8. The third kappa shape index (κ3) is 4.52. The van der Waals surface area contributed by atoms with Crippen molar-refractivity contribution in [1.82, 2.24) is 24.9 Å². The number of nitrogens with zero attached hydrogens (tertiary/aromatic N) is 5. The third-order valence-corrected chi connectivity index (χ3v) is 5.27. The summed E-state index contributed by atoms with van der Waals surface area (Å²) in [6, 6.07) is 8.61. The van der Waals surface area contributed by atoms with Gasteiger partial charge in [-0.3, -0.25) is 4.98 Å². The van der Waals surface area contributed by atoms with Gasteiger partial charge in [-0.1, -0.05) is 23.4 Å². The highest BCUT2D eigenvalue weighted by atomic mass is 19.4. The second-order valence-corrected chi connectivity index (χ2v) is 7.30. The van der Waals surface area contributed by atoms with E-state index in [9.17, 15) is 18.0 Å². The van der Waals surface area contributed by atoms with E-state index in [2.05, 4.69) is 15.3 Å². The number of pyridine rings is 1. The predicted molar refractivity (Wildman–Crippen MR) is 105 cm³/mol. The van der Waals surface area contributed by atoms with Gasteiger partial charge in [0.05, 0.1) is 23.5 Å². The number of amides is 1. The minimum atomic E-state index is -4.47. The van der Waals surface area contributed by atoms with Crippen LogP contribution in [-0.2, 0) is 6.18 Å². The number of aromatic nitrogens is 4. The first kappa shape index (κ1) is 20.8. The summed E-state index contributed by atoms with van der Waals surface area (Å²) in [6.07, 6.45) is -0.596. The summed E-state index contributed by atoms with van der Waals surface area (Å²) in [5.74, 6) is 0.416. The van der Waals surface area contributed by atoms with E-state index in [4.69, 9.17) is 4.74 Å². The van der Waals surface area contributed by atoms with Gasteiger partial charge in [0, 0.05) is 24.8 Å². The molecule has 0 atom stereocenters. The van der Waals surface area contributed by atoms with Crippen molar-refractivity contribution >= 4 is 6.09 Å². The molecule has 0 bridgehead atoms. The lowest BCUT2D eigenvalue weighted by atomic mass is 10.0. The maximum Gasteiger partial charge on any atom is 0.417 e. The molecule has 10 heteroatoms. The highest BCUT2D eigenvalue weighted by molar-refractivity contribution is 5.71. The number of hydrogen-bond donors (Lipinski definition) is 0. The Bertz CT molecular complexity index is 1070. The number of carbonyl (C=O) groups is 1. The molecule has 0 saturated carbocycles. The molecular formula is C21H20F3N5O2. The number of halogens is 3. The van der Waals surface area contributed by atoms with Crippen molar-refractivity contribution in [3.63, 3.8) is 0 Å². The molecule has 1 amide bonds. The molecule has 0 spiro atoms. The topological polar surface area (TPSA) is 73.1 Å². The average molecular weight is 431 g/mol. The van der Waals surface area contributed by atoms with E-state index in [1.807, 2.05) is 0 Å². The van der Waals surface area contributed by atoms with E-state index in [1.54, 1.807) is 34.8 Å². The fraction of sp³-hybridized carbons (Fsp3) is 0.333. The van der Waals surface area contributed by atoms with Crippen molar-refractivity contribution in [3.8, 4) is 17.0 Å². The number of likely N-dealkylation sites (tertiary alicyclic amines) is 1. The maximum atomic E-state index is 13.3. The van der Waals surface area contributed by atoms with Gasteiger partial charge in [0.15, 0.2) is 5.75 Å². The smallest absolute Gasteiger partial charge is 0.408 e. The SMILES string of the molecule is Cc1ncccc1OC(=O)N1CCC(n2cc(-c3ccccc3C(F)(F)F)nn2)CC1. The van der Waals surface area contributed by atoms with E-state index < -0.39 is 17.8 Å². The molecular weight excluding hydrogens is 411 g/mol. The summed E-state index contributed by atoms with van der Waals surface area (Å²) >= 11 is 0. The Hall–Kier alpha value is -3.43. The van der Waals surface area contributed by atoms with Crippen LogP contribution in [0.4, 0.5) is 18.0 Å². The summed E-state index contributed by atoms with van der Waals surface area (Å²) in [5, 5.41) is 8.00. The molecule has 7 nitrogen and oxygen atoms in total. The summed E-state index contributed by atoms with van der Waals surface area (Å²) in [7, 11) is 0. The molecule has 3 aromatic rings. The van der Waals surface area contributed by atoms with Gasteiger partial charge in [-0.05, 0) is 38.0 Å². The van der Waals surface area contributed by atoms with Crippen LogP contribution in [0.3, 0.4) is 0 Å². The van der Waals surface area contributed by atoms with Crippen LogP contribution in [0.2, 0.25) is 0 Å². The molecule has 1 fully saturated rings. The highest BCUT2D eigenvalue weighted by Crippen LogP contribution is 2.36. The van der Waals surface area contributed by atoms with Crippen molar-refractivity contribution in [2.45, 2.75) is 32.0 Å².